The quantitative estimate of drug-likeness (QED) is 0.584. The Morgan fingerprint density at radius 3 is 2.47 bits per heavy atom. The molecule has 3 rings (SSSR count). The zero-order valence-electron chi connectivity index (χ0n) is 18.6. The number of aliphatic hydroxyl groups excluding tert-OH is 2. The molecule has 0 saturated carbocycles. The molecule has 30 heavy (non-hydrogen) atoms. The van der Waals surface area contributed by atoms with Crippen molar-refractivity contribution in [1.29, 1.82) is 0 Å². The molecular formula is C19H32FN5O4Si. The molecule has 2 aromatic rings. The Labute approximate surface area is 176 Å². The summed E-state index contributed by atoms with van der Waals surface area (Å²) in [6, 6.07) is 0. The summed E-state index contributed by atoms with van der Waals surface area (Å²) in [5, 5.41) is 22.9. The third kappa shape index (κ3) is 3.62. The fourth-order valence-corrected chi connectivity index (χ4v) is 4.71. The highest BCUT2D eigenvalue weighted by Crippen LogP contribution is 2.46. The predicted octanol–water partition coefficient (Wildman–Crippen LogP) is 2.16. The maximum atomic E-state index is 15.9. The van der Waals surface area contributed by atoms with Gasteiger partial charge in [-0.15, -0.1) is 0 Å². The van der Waals surface area contributed by atoms with Crippen LogP contribution in [-0.2, 0) is 9.16 Å². The molecule has 0 aliphatic carbocycles. The number of rotatable bonds is 6. The predicted molar refractivity (Wildman–Crippen MR) is 114 cm³/mol. The average Bonchev–Trinajstić information content (AvgIpc) is 3.20. The van der Waals surface area contributed by atoms with Gasteiger partial charge in [0.05, 0.1) is 19.5 Å². The second kappa shape index (κ2) is 7.79. The number of halogens is 1. The van der Waals surface area contributed by atoms with Crippen LogP contribution in [0.1, 0.15) is 32.8 Å². The summed E-state index contributed by atoms with van der Waals surface area (Å²) in [5.74, 6) is 1.01. The monoisotopic (exact) mass is 441 g/mol. The van der Waals surface area contributed by atoms with E-state index in [9.17, 15) is 10.2 Å². The van der Waals surface area contributed by atoms with Crippen molar-refractivity contribution in [2.45, 2.75) is 69.9 Å². The number of hydrogen-bond acceptors (Lipinski definition) is 8. The molecule has 9 nitrogen and oxygen atoms in total. The molecule has 0 aromatic carbocycles. The van der Waals surface area contributed by atoms with Gasteiger partial charge in [0.15, 0.2) is 37.7 Å². The number of imidazole rings is 1. The number of aromatic nitrogens is 4. The van der Waals surface area contributed by atoms with E-state index in [1.54, 1.807) is 14.0 Å². The van der Waals surface area contributed by atoms with Crippen molar-refractivity contribution in [2.75, 3.05) is 25.6 Å². The number of aliphatic hydroxyl groups is 2. The summed E-state index contributed by atoms with van der Waals surface area (Å²) in [7, 11) is -0.709. The minimum atomic E-state index is -2.43. The van der Waals surface area contributed by atoms with Crippen LogP contribution in [0.3, 0.4) is 0 Å². The molecule has 0 amide bonds. The summed E-state index contributed by atoms with van der Waals surface area (Å²) in [4.78, 5) is 13.0. The topological polar surface area (TPSA) is 115 Å². The van der Waals surface area contributed by atoms with Crippen LogP contribution in [0, 0.1) is 6.92 Å². The first-order valence-corrected chi connectivity index (χ1v) is 12.9. The number of ether oxygens (including phenoxy) is 1. The van der Waals surface area contributed by atoms with Crippen LogP contribution in [0.25, 0.3) is 11.2 Å². The maximum Gasteiger partial charge on any atom is 0.192 e. The van der Waals surface area contributed by atoms with Gasteiger partial charge in [0, 0.05) is 7.05 Å². The van der Waals surface area contributed by atoms with Gasteiger partial charge >= 0.3 is 0 Å². The molecule has 168 valence electrons. The molecule has 0 spiro atoms. The Hall–Kier alpha value is -1.66. The van der Waals surface area contributed by atoms with Crippen LogP contribution in [0.15, 0.2) is 6.33 Å². The van der Waals surface area contributed by atoms with Crippen molar-refractivity contribution >= 4 is 25.3 Å². The second-order valence-corrected chi connectivity index (χ2v) is 14.1. The highest BCUT2D eigenvalue weighted by atomic mass is 28.4. The van der Waals surface area contributed by atoms with Gasteiger partial charge < -0.3 is 24.7 Å². The van der Waals surface area contributed by atoms with Crippen LogP contribution in [-0.4, -0.2) is 76.2 Å². The maximum absolute atomic E-state index is 15.9. The van der Waals surface area contributed by atoms with Gasteiger partial charge in [-0.05, 0) is 25.1 Å². The molecular weight excluding hydrogens is 409 g/mol. The number of nitrogens with zero attached hydrogens (tertiary/aromatic N) is 4. The average molecular weight is 442 g/mol. The highest BCUT2D eigenvalue weighted by Gasteiger charge is 2.59. The van der Waals surface area contributed by atoms with E-state index in [4.69, 9.17) is 9.16 Å². The molecule has 1 saturated heterocycles. The number of fused-ring (bicyclic) bond motifs is 1. The largest absolute Gasteiger partial charge is 0.408 e. The third-order valence-electron chi connectivity index (χ3n) is 6.24. The standard InChI is InChI=1S/C19H32FN5O4Si/c1-11-23-15(21-5)13-16(24-11)25(10-22-13)17-12(20)14(19(8-26,9-27)28-17)29-30(6,7)18(2,3)4/h10,12,14,17,26-27H,8-9H2,1-7H3,(H,21,23,24)/t12-,14?,17-/m1/s1. The van der Waals surface area contributed by atoms with Crippen molar-refractivity contribution < 1.29 is 23.8 Å². The van der Waals surface area contributed by atoms with Crippen molar-refractivity contribution in [2.24, 2.45) is 0 Å². The Balaban J connectivity index is 2.06. The van der Waals surface area contributed by atoms with Gasteiger partial charge in [-0.1, -0.05) is 20.8 Å². The Morgan fingerprint density at radius 2 is 1.93 bits per heavy atom. The van der Waals surface area contributed by atoms with E-state index in [0.717, 1.165) is 0 Å². The molecule has 3 heterocycles. The molecule has 3 atom stereocenters. The molecule has 0 bridgehead atoms. The molecule has 1 aliphatic heterocycles. The van der Waals surface area contributed by atoms with Crippen LogP contribution in [0.5, 0.6) is 0 Å². The van der Waals surface area contributed by atoms with Gasteiger partial charge in [0.25, 0.3) is 0 Å². The first-order valence-electron chi connectivity index (χ1n) is 10.0. The van der Waals surface area contributed by atoms with E-state index in [1.807, 2.05) is 33.9 Å². The third-order valence-corrected chi connectivity index (χ3v) is 10.7. The van der Waals surface area contributed by atoms with Gasteiger partial charge in [0.1, 0.15) is 17.5 Å². The van der Waals surface area contributed by atoms with E-state index in [0.29, 0.717) is 22.8 Å². The van der Waals surface area contributed by atoms with E-state index in [1.165, 1.54) is 10.9 Å². The highest BCUT2D eigenvalue weighted by molar-refractivity contribution is 6.74. The number of hydrogen-bond donors (Lipinski definition) is 3. The van der Waals surface area contributed by atoms with Crippen molar-refractivity contribution in [3.63, 3.8) is 0 Å². The zero-order valence-corrected chi connectivity index (χ0v) is 19.6. The zero-order chi connectivity index (χ0) is 22.5. The fourth-order valence-electron chi connectivity index (χ4n) is 3.38. The van der Waals surface area contributed by atoms with E-state index < -0.39 is 45.6 Å². The van der Waals surface area contributed by atoms with E-state index >= 15 is 4.39 Å². The molecule has 2 aromatic heterocycles. The smallest absolute Gasteiger partial charge is 0.192 e. The van der Waals surface area contributed by atoms with Crippen molar-refractivity contribution in [3.05, 3.63) is 12.2 Å². The number of alkyl halides is 1. The molecule has 3 N–H and O–H groups in total. The summed E-state index contributed by atoms with van der Waals surface area (Å²) >= 11 is 0. The lowest BCUT2D eigenvalue weighted by molar-refractivity contribution is -0.146. The Bertz CT molecular complexity index is 912. The summed E-state index contributed by atoms with van der Waals surface area (Å²) in [5.41, 5.74) is -0.701. The molecule has 1 aliphatic rings. The van der Waals surface area contributed by atoms with Gasteiger partial charge in [0.2, 0.25) is 0 Å². The lowest BCUT2D eigenvalue weighted by Crippen LogP contribution is -2.56. The van der Waals surface area contributed by atoms with Crippen molar-refractivity contribution in [3.8, 4) is 0 Å². The van der Waals surface area contributed by atoms with Crippen LogP contribution >= 0.6 is 0 Å². The molecule has 0 radical (unpaired) electrons. The minimum Gasteiger partial charge on any atom is -0.408 e. The SMILES string of the molecule is CNc1nc(C)nc2c1ncn2[C@@H]1OC(CO)(CO)C(O[Si](C)(C)C(C)(C)C)[C@H]1F. The lowest BCUT2D eigenvalue weighted by Gasteiger charge is -2.42. The van der Waals surface area contributed by atoms with Gasteiger partial charge in [-0.25, -0.2) is 19.3 Å². The second-order valence-electron chi connectivity index (χ2n) is 9.33. The number of anilines is 1. The fraction of sp³-hybridized carbons (Fsp3) is 0.737. The lowest BCUT2D eigenvalue weighted by atomic mass is 9.98. The van der Waals surface area contributed by atoms with Crippen LogP contribution < -0.4 is 5.32 Å². The first-order chi connectivity index (χ1) is 13.9. The summed E-state index contributed by atoms with van der Waals surface area (Å²) < 4.78 is 29.6. The first kappa shape index (κ1) is 23.0. The van der Waals surface area contributed by atoms with Gasteiger partial charge in [-0.3, -0.25) is 4.57 Å². The van der Waals surface area contributed by atoms with Crippen LogP contribution in [0.4, 0.5) is 10.2 Å². The Morgan fingerprint density at radius 1 is 1.30 bits per heavy atom. The Kier molecular flexibility index (Phi) is 5.97. The molecule has 1 unspecified atom stereocenters. The molecule has 11 heteroatoms. The van der Waals surface area contributed by atoms with Gasteiger partial charge in [-0.2, -0.15) is 0 Å². The number of nitrogens with one attached hydrogen (secondary N) is 1. The van der Waals surface area contributed by atoms with E-state index in [-0.39, 0.29) is 5.04 Å². The van der Waals surface area contributed by atoms with Crippen molar-refractivity contribution in [1.82, 2.24) is 19.5 Å². The normalized spacial score (nSPS) is 24.5. The minimum absolute atomic E-state index is 0.185. The molecule has 1 fully saturated rings. The summed E-state index contributed by atoms with van der Waals surface area (Å²) in [6.07, 6.45) is -2.51. The van der Waals surface area contributed by atoms with E-state index in [2.05, 4.69) is 20.3 Å². The number of aryl methyl sites for hydroxylation is 1. The van der Waals surface area contributed by atoms with Crippen LogP contribution in [0.2, 0.25) is 18.1 Å². The summed E-state index contributed by atoms with van der Waals surface area (Å²) in [6.45, 7) is 10.7.